The fourth-order valence-electron chi connectivity index (χ4n) is 1.62. The van der Waals surface area contributed by atoms with E-state index < -0.39 is 0 Å². The molecule has 0 aliphatic carbocycles. The summed E-state index contributed by atoms with van der Waals surface area (Å²) in [7, 11) is 5.68. The highest BCUT2D eigenvalue weighted by atomic mass is 15.4. The van der Waals surface area contributed by atoms with Gasteiger partial charge in [0.25, 0.3) is 0 Å². The summed E-state index contributed by atoms with van der Waals surface area (Å²) in [5.41, 5.74) is 3.21. The molecule has 4 nitrogen and oxygen atoms in total. The summed E-state index contributed by atoms with van der Waals surface area (Å²) in [5.74, 6) is 0. The monoisotopic (exact) mass is 206 g/mol. The maximum absolute atomic E-state index is 5.68. The number of fused-ring (bicyclic) bond motifs is 1. The van der Waals surface area contributed by atoms with Gasteiger partial charge in [-0.15, -0.1) is 5.10 Å². The van der Waals surface area contributed by atoms with Gasteiger partial charge in [0.1, 0.15) is 13.4 Å². The zero-order valence-electron chi connectivity index (χ0n) is 8.41. The number of aromatic nitrogens is 4. The minimum atomic E-state index is 0.608. The van der Waals surface area contributed by atoms with Crippen LogP contribution in [0, 0.1) is 0 Å². The van der Waals surface area contributed by atoms with Crippen LogP contribution < -0.4 is 5.46 Å². The predicted molar refractivity (Wildman–Crippen MR) is 62.0 cm³/mol. The highest BCUT2D eigenvalue weighted by Crippen LogP contribution is 2.13. The van der Waals surface area contributed by atoms with Gasteiger partial charge in [0, 0.05) is 6.20 Å². The number of para-hydroxylation sites is 1. The third-order valence-electron chi connectivity index (χ3n) is 2.34. The van der Waals surface area contributed by atoms with Gasteiger partial charge in [-0.25, -0.2) is 4.68 Å². The lowest BCUT2D eigenvalue weighted by Crippen LogP contribution is -2.07. The number of hydrogen-bond donors (Lipinski definition) is 0. The van der Waals surface area contributed by atoms with Gasteiger partial charge in [-0.1, -0.05) is 22.8 Å². The standard InChI is InChI=1S/C11H7BN4/c12-8-5-9(7-13-6-8)16-11-4-2-1-3-10(11)14-15-16/h1-7H. The van der Waals surface area contributed by atoms with Crippen molar-refractivity contribution in [2.45, 2.75) is 0 Å². The highest BCUT2D eigenvalue weighted by molar-refractivity contribution is 6.32. The quantitative estimate of drug-likeness (QED) is 0.548. The molecule has 0 atom stereocenters. The van der Waals surface area contributed by atoms with Crippen LogP contribution in [0.3, 0.4) is 0 Å². The lowest BCUT2D eigenvalue weighted by atomic mass is 9.99. The van der Waals surface area contributed by atoms with Crippen LogP contribution in [0.5, 0.6) is 0 Å². The summed E-state index contributed by atoms with van der Waals surface area (Å²) in [4.78, 5) is 4.03. The predicted octanol–water partition coefficient (Wildman–Crippen LogP) is 0.609. The largest absolute Gasteiger partial charge is 0.263 e. The van der Waals surface area contributed by atoms with Crippen molar-refractivity contribution in [1.82, 2.24) is 20.0 Å². The van der Waals surface area contributed by atoms with Crippen LogP contribution in [0.1, 0.15) is 0 Å². The van der Waals surface area contributed by atoms with Gasteiger partial charge >= 0.3 is 0 Å². The van der Waals surface area contributed by atoms with E-state index in [0.29, 0.717) is 5.46 Å². The first kappa shape index (κ1) is 9.09. The van der Waals surface area contributed by atoms with Crippen molar-refractivity contribution >= 4 is 24.3 Å². The Labute approximate surface area is 93.3 Å². The molecule has 74 valence electrons. The molecular formula is C11H7BN4. The molecule has 0 spiro atoms. The second kappa shape index (κ2) is 3.45. The Bertz CT molecular complexity index is 647. The topological polar surface area (TPSA) is 43.6 Å². The van der Waals surface area contributed by atoms with Crippen LogP contribution in [0.15, 0.2) is 42.7 Å². The van der Waals surface area contributed by atoms with Crippen LogP contribution >= 0.6 is 0 Å². The van der Waals surface area contributed by atoms with Crippen LogP contribution in [0.2, 0.25) is 0 Å². The first-order chi connectivity index (χ1) is 7.84. The van der Waals surface area contributed by atoms with Gasteiger partial charge in [-0.2, -0.15) is 0 Å². The molecule has 2 radical (unpaired) electrons. The molecule has 0 saturated heterocycles. The van der Waals surface area contributed by atoms with Crippen LogP contribution in [0.4, 0.5) is 0 Å². The molecule has 2 aromatic heterocycles. The molecule has 0 N–H and O–H groups in total. The third kappa shape index (κ3) is 1.37. The van der Waals surface area contributed by atoms with Crippen molar-refractivity contribution < 1.29 is 0 Å². The lowest BCUT2D eigenvalue weighted by Gasteiger charge is -2.02. The van der Waals surface area contributed by atoms with Gasteiger partial charge in [-0.05, 0) is 18.2 Å². The first-order valence-corrected chi connectivity index (χ1v) is 4.86. The number of benzene rings is 1. The van der Waals surface area contributed by atoms with E-state index in [1.807, 2.05) is 30.3 Å². The van der Waals surface area contributed by atoms with E-state index in [9.17, 15) is 0 Å². The van der Waals surface area contributed by atoms with Gasteiger partial charge in [0.05, 0.1) is 17.4 Å². The van der Waals surface area contributed by atoms with E-state index in [1.54, 1.807) is 17.1 Å². The molecular weight excluding hydrogens is 199 g/mol. The average Bonchev–Trinajstić information content (AvgIpc) is 2.72. The molecule has 1 aromatic carbocycles. The summed E-state index contributed by atoms with van der Waals surface area (Å²) < 4.78 is 1.72. The third-order valence-corrected chi connectivity index (χ3v) is 2.34. The molecule has 0 saturated carbocycles. The molecule has 3 rings (SSSR count). The number of hydrogen-bond acceptors (Lipinski definition) is 3. The van der Waals surface area contributed by atoms with Crippen LogP contribution in [0.25, 0.3) is 16.7 Å². The van der Waals surface area contributed by atoms with E-state index >= 15 is 0 Å². The summed E-state index contributed by atoms with van der Waals surface area (Å²) in [5, 5.41) is 8.15. The van der Waals surface area contributed by atoms with Crippen LogP contribution in [-0.2, 0) is 0 Å². The number of pyridine rings is 1. The van der Waals surface area contributed by atoms with E-state index in [1.165, 1.54) is 0 Å². The molecule has 3 aromatic rings. The van der Waals surface area contributed by atoms with E-state index in [4.69, 9.17) is 7.85 Å². The normalized spacial score (nSPS) is 10.8. The fourth-order valence-corrected chi connectivity index (χ4v) is 1.62. The van der Waals surface area contributed by atoms with Crippen LogP contribution in [-0.4, -0.2) is 27.8 Å². The van der Waals surface area contributed by atoms with Crippen molar-refractivity contribution in [3.8, 4) is 5.69 Å². The Kier molecular flexibility index (Phi) is 1.96. The molecule has 0 aliphatic heterocycles. The zero-order chi connectivity index (χ0) is 11.0. The van der Waals surface area contributed by atoms with Gasteiger partial charge in [0.2, 0.25) is 0 Å². The molecule has 2 heterocycles. The summed E-state index contributed by atoms with van der Waals surface area (Å²) >= 11 is 0. The number of rotatable bonds is 1. The minimum Gasteiger partial charge on any atom is -0.263 e. The summed E-state index contributed by atoms with van der Waals surface area (Å²) in [6.07, 6.45) is 3.31. The maximum Gasteiger partial charge on any atom is 0.116 e. The molecule has 5 heteroatoms. The molecule has 0 unspecified atom stereocenters. The fraction of sp³-hybridized carbons (Fsp3) is 0. The second-order valence-electron chi connectivity index (χ2n) is 3.47. The lowest BCUT2D eigenvalue weighted by molar-refractivity contribution is 0.821. The molecule has 0 fully saturated rings. The summed E-state index contributed by atoms with van der Waals surface area (Å²) in [6, 6.07) is 9.56. The van der Waals surface area contributed by atoms with E-state index in [2.05, 4.69) is 15.3 Å². The Morgan fingerprint density at radius 2 is 2.00 bits per heavy atom. The molecule has 16 heavy (non-hydrogen) atoms. The van der Waals surface area contributed by atoms with Gasteiger partial charge < -0.3 is 0 Å². The smallest absolute Gasteiger partial charge is 0.116 e. The molecule has 0 bridgehead atoms. The Morgan fingerprint density at radius 3 is 2.88 bits per heavy atom. The van der Waals surface area contributed by atoms with Crippen molar-refractivity contribution in [2.24, 2.45) is 0 Å². The van der Waals surface area contributed by atoms with Gasteiger partial charge in [-0.3, -0.25) is 4.98 Å². The summed E-state index contributed by atoms with van der Waals surface area (Å²) in [6.45, 7) is 0. The van der Waals surface area contributed by atoms with Crippen molar-refractivity contribution in [1.29, 1.82) is 0 Å². The Hall–Kier alpha value is -2.17. The van der Waals surface area contributed by atoms with Crippen molar-refractivity contribution in [2.75, 3.05) is 0 Å². The Balaban J connectivity index is 2.26. The second-order valence-corrected chi connectivity index (χ2v) is 3.47. The maximum atomic E-state index is 5.68. The zero-order valence-corrected chi connectivity index (χ0v) is 8.41. The minimum absolute atomic E-state index is 0.608. The van der Waals surface area contributed by atoms with Gasteiger partial charge in [0.15, 0.2) is 0 Å². The van der Waals surface area contributed by atoms with E-state index in [0.717, 1.165) is 16.7 Å². The van der Waals surface area contributed by atoms with E-state index in [-0.39, 0.29) is 0 Å². The first-order valence-electron chi connectivity index (χ1n) is 4.86. The molecule has 0 aliphatic rings. The average molecular weight is 206 g/mol. The molecule has 0 amide bonds. The van der Waals surface area contributed by atoms with Crippen molar-refractivity contribution in [3.63, 3.8) is 0 Å². The SMILES string of the molecule is [B]c1cncc(-n2nnc3ccccc32)c1. The highest BCUT2D eigenvalue weighted by Gasteiger charge is 2.05. The Morgan fingerprint density at radius 1 is 1.12 bits per heavy atom. The number of nitrogens with zero attached hydrogens (tertiary/aromatic N) is 4. The van der Waals surface area contributed by atoms with Crippen molar-refractivity contribution in [3.05, 3.63) is 42.7 Å².